The molecule has 1 aliphatic heterocycles. The third-order valence-corrected chi connectivity index (χ3v) is 4.69. The fourth-order valence-electron chi connectivity index (χ4n) is 3.33. The lowest BCUT2D eigenvalue weighted by molar-refractivity contribution is -0.170. The summed E-state index contributed by atoms with van der Waals surface area (Å²) in [6.07, 6.45) is 2.99. The first-order valence-electron chi connectivity index (χ1n) is 8.06. The molecule has 1 heterocycles. The Morgan fingerprint density at radius 2 is 1.86 bits per heavy atom. The van der Waals surface area contributed by atoms with Gasteiger partial charge in [-0.3, -0.25) is 4.79 Å². The number of amides is 1. The number of esters is 1. The summed E-state index contributed by atoms with van der Waals surface area (Å²) in [5.41, 5.74) is 0. The van der Waals surface area contributed by atoms with Gasteiger partial charge in [0.05, 0.1) is 13.2 Å². The first-order valence-corrected chi connectivity index (χ1v) is 8.06. The molecule has 0 aromatic heterocycles. The van der Waals surface area contributed by atoms with Crippen molar-refractivity contribution in [3.05, 3.63) is 0 Å². The summed E-state index contributed by atoms with van der Waals surface area (Å²) in [4.78, 5) is 25.8. The highest BCUT2D eigenvalue weighted by molar-refractivity contribution is 6.32. The van der Waals surface area contributed by atoms with E-state index in [1.54, 1.807) is 0 Å². The maximum atomic E-state index is 12.1. The predicted molar refractivity (Wildman–Crippen MR) is 78.6 cm³/mol. The van der Waals surface area contributed by atoms with Crippen LogP contribution in [0.5, 0.6) is 0 Å². The van der Waals surface area contributed by atoms with E-state index in [9.17, 15) is 9.59 Å². The lowest BCUT2D eigenvalue weighted by Crippen LogP contribution is -2.46. The maximum Gasteiger partial charge on any atom is 0.397 e. The number of nitrogens with zero attached hydrogens (tertiary/aromatic N) is 1. The van der Waals surface area contributed by atoms with Crippen molar-refractivity contribution in [2.45, 2.75) is 46.1 Å². The van der Waals surface area contributed by atoms with Gasteiger partial charge in [-0.1, -0.05) is 27.2 Å². The van der Waals surface area contributed by atoms with Crippen molar-refractivity contribution >= 4 is 11.9 Å². The molecule has 0 unspecified atom stereocenters. The minimum absolute atomic E-state index is 0.119. The third-order valence-electron chi connectivity index (χ3n) is 4.69. The summed E-state index contributed by atoms with van der Waals surface area (Å²) in [6, 6.07) is 0. The van der Waals surface area contributed by atoms with Gasteiger partial charge < -0.3 is 14.4 Å². The van der Waals surface area contributed by atoms with Crippen LogP contribution in [0.2, 0.25) is 0 Å². The molecule has 2 rings (SSSR count). The quantitative estimate of drug-likeness (QED) is 0.576. The van der Waals surface area contributed by atoms with Crippen LogP contribution in [0.15, 0.2) is 0 Å². The van der Waals surface area contributed by atoms with Gasteiger partial charge in [-0.05, 0) is 30.6 Å². The first-order chi connectivity index (χ1) is 9.99. The van der Waals surface area contributed by atoms with Crippen molar-refractivity contribution in [1.29, 1.82) is 0 Å². The van der Waals surface area contributed by atoms with E-state index in [4.69, 9.17) is 9.47 Å². The Morgan fingerprint density at radius 1 is 1.19 bits per heavy atom. The number of hydrogen-bond acceptors (Lipinski definition) is 4. The molecule has 1 saturated heterocycles. The van der Waals surface area contributed by atoms with Crippen LogP contribution in [-0.2, 0) is 19.1 Å². The van der Waals surface area contributed by atoms with Gasteiger partial charge in [0.25, 0.3) is 0 Å². The molecule has 1 amide bonds. The molecule has 0 aromatic rings. The van der Waals surface area contributed by atoms with E-state index in [0.29, 0.717) is 44.1 Å². The Kier molecular flexibility index (Phi) is 5.62. The minimum Gasteiger partial charge on any atom is -0.455 e. The number of ether oxygens (including phenoxy) is 2. The third kappa shape index (κ3) is 4.19. The second kappa shape index (κ2) is 7.25. The number of hydrogen-bond donors (Lipinski definition) is 0. The van der Waals surface area contributed by atoms with Gasteiger partial charge in [0.15, 0.2) is 0 Å². The van der Waals surface area contributed by atoms with E-state index >= 15 is 0 Å². The monoisotopic (exact) mass is 297 g/mol. The van der Waals surface area contributed by atoms with Gasteiger partial charge in [-0.2, -0.15) is 0 Å². The second-order valence-electron chi connectivity index (χ2n) is 6.67. The molecule has 21 heavy (non-hydrogen) atoms. The van der Waals surface area contributed by atoms with E-state index < -0.39 is 11.9 Å². The van der Waals surface area contributed by atoms with E-state index in [1.807, 2.05) is 0 Å². The molecule has 0 radical (unpaired) electrons. The van der Waals surface area contributed by atoms with Crippen LogP contribution in [-0.4, -0.2) is 49.2 Å². The molecule has 5 heteroatoms. The van der Waals surface area contributed by atoms with E-state index in [0.717, 1.165) is 12.8 Å². The Labute approximate surface area is 127 Å². The number of carbonyl (C=O) groups excluding carboxylic acids is 2. The molecule has 0 bridgehead atoms. The highest BCUT2D eigenvalue weighted by atomic mass is 16.6. The van der Waals surface area contributed by atoms with Gasteiger partial charge >= 0.3 is 11.9 Å². The highest BCUT2D eigenvalue weighted by Crippen LogP contribution is 2.35. The molecule has 0 spiro atoms. The zero-order valence-corrected chi connectivity index (χ0v) is 13.3. The van der Waals surface area contributed by atoms with Crippen LogP contribution in [0.3, 0.4) is 0 Å². The van der Waals surface area contributed by atoms with Crippen molar-refractivity contribution < 1.29 is 19.1 Å². The molecule has 2 aliphatic rings. The Morgan fingerprint density at radius 3 is 2.48 bits per heavy atom. The van der Waals surface area contributed by atoms with Crippen molar-refractivity contribution in [3.8, 4) is 0 Å². The van der Waals surface area contributed by atoms with E-state index in [2.05, 4.69) is 20.8 Å². The lowest BCUT2D eigenvalue weighted by atomic mass is 9.75. The Hall–Kier alpha value is -1.10. The summed E-state index contributed by atoms with van der Waals surface area (Å²) in [7, 11) is 0. The number of carbonyl (C=O) groups is 2. The zero-order chi connectivity index (χ0) is 15.4. The summed E-state index contributed by atoms with van der Waals surface area (Å²) < 4.78 is 10.8. The summed E-state index contributed by atoms with van der Waals surface area (Å²) in [5.74, 6) is 0.174. The normalized spacial score (nSPS) is 30.3. The summed E-state index contributed by atoms with van der Waals surface area (Å²) in [5, 5.41) is 0. The van der Waals surface area contributed by atoms with Crippen LogP contribution < -0.4 is 0 Å². The van der Waals surface area contributed by atoms with E-state index in [-0.39, 0.29) is 6.10 Å². The molecule has 120 valence electrons. The number of morpholine rings is 1. The van der Waals surface area contributed by atoms with Crippen molar-refractivity contribution in [3.63, 3.8) is 0 Å². The van der Waals surface area contributed by atoms with Crippen LogP contribution in [0.25, 0.3) is 0 Å². The average molecular weight is 297 g/mol. The smallest absolute Gasteiger partial charge is 0.397 e. The van der Waals surface area contributed by atoms with Crippen LogP contribution in [0.1, 0.15) is 40.0 Å². The van der Waals surface area contributed by atoms with Crippen LogP contribution in [0, 0.1) is 17.8 Å². The van der Waals surface area contributed by atoms with Crippen molar-refractivity contribution in [2.24, 2.45) is 17.8 Å². The molecule has 1 saturated carbocycles. The largest absolute Gasteiger partial charge is 0.455 e. The van der Waals surface area contributed by atoms with Gasteiger partial charge in [-0.15, -0.1) is 0 Å². The highest BCUT2D eigenvalue weighted by Gasteiger charge is 2.35. The fourth-order valence-corrected chi connectivity index (χ4v) is 3.33. The van der Waals surface area contributed by atoms with Gasteiger partial charge in [-0.25, -0.2) is 4.79 Å². The molecular formula is C16H27NO4. The zero-order valence-electron chi connectivity index (χ0n) is 13.3. The fraction of sp³-hybridized carbons (Fsp3) is 0.875. The average Bonchev–Trinajstić information content (AvgIpc) is 2.47. The molecule has 2 fully saturated rings. The Balaban J connectivity index is 1.94. The SMILES string of the molecule is CC(C)[C@@H]1CC[C@@H](C)C[C@H]1OC(=O)C(=O)N1CCOCC1. The first kappa shape index (κ1) is 16.3. The molecule has 0 N–H and O–H groups in total. The molecular weight excluding hydrogens is 270 g/mol. The molecule has 0 aromatic carbocycles. The second-order valence-corrected chi connectivity index (χ2v) is 6.67. The van der Waals surface area contributed by atoms with Gasteiger partial charge in [0, 0.05) is 13.1 Å². The molecule has 5 nitrogen and oxygen atoms in total. The van der Waals surface area contributed by atoms with Crippen LogP contribution in [0.4, 0.5) is 0 Å². The van der Waals surface area contributed by atoms with Gasteiger partial charge in [0.2, 0.25) is 0 Å². The van der Waals surface area contributed by atoms with Crippen molar-refractivity contribution in [2.75, 3.05) is 26.3 Å². The minimum atomic E-state index is -0.693. The molecule has 1 aliphatic carbocycles. The maximum absolute atomic E-state index is 12.1. The van der Waals surface area contributed by atoms with Gasteiger partial charge in [0.1, 0.15) is 6.10 Å². The number of rotatable bonds is 2. The lowest BCUT2D eigenvalue weighted by Gasteiger charge is -2.37. The Bertz CT molecular complexity index is 376. The topological polar surface area (TPSA) is 55.8 Å². The summed E-state index contributed by atoms with van der Waals surface area (Å²) in [6.45, 7) is 8.44. The van der Waals surface area contributed by atoms with E-state index in [1.165, 1.54) is 11.3 Å². The molecule has 3 atom stereocenters. The predicted octanol–water partition coefficient (Wildman–Crippen LogP) is 1.85. The summed E-state index contributed by atoms with van der Waals surface area (Å²) >= 11 is 0. The van der Waals surface area contributed by atoms with Crippen molar-refractivity contribution in [1.82, 2.24) is 4.90 Å². The van der Waals surface area contributed by atoms with Crippen LogP contribution >= 0.6 is 0 Å². The standard InChI is InChI=1S/C16H27NO4/c1-11(2)13-5-4-12(3)10-14(13)21-16(19)15(18)17-6-8-20-9-7-17/h11-14H,4-10H2,1-3H3/t12-,13+,14-/m1/s1.